The maximum atomic E-state index is 13.1. The van der Waals surface area contributed by atoms with Gasteiger partial charge in [0.05, 0.1) is 11.9 Å². The van der Waals surface area contributed by atoms with Gasteiger partial charge in [0.25, 0.3) is 0 Å². The lowest BCUT2D eigenvalue weighted by molar-refractivity contribution is 0.249. The fourth-order valence-corrected chi connectivity index (χ4v) is 3.83. The van der Waals surface area contributed by atoms with Crippen molar-refractivity contribution in [3.63, 3.8) is 0 Å². The van der Waals surface area contributed by atoms with E-state index in [1.807, 2.05) is 42.9 Å². The second-order valence-corrected chi connectivity index (χ2v) is 7.21. The van der Waals surface area contributed by atoms with Crippen molar-refractivity contribution in [3.8, 4) is 11.3 Å². The number of aromatic nitrogens is 4. The predicted molar refractivity (Wildman–Crippen MR) is 110 cm³/mol. The quantitative estimate of drug-likeness (QED) is 0.537. The highest BCUT2D eigenvalue weighted by Gasteiger charge is 2.21. The Balaban J connectivity index is 1.33. The summed E-state index contributed by atoms with van der Waals surface area (Å²) in [6.07, 6.45) is 9.25. The van der Waals surface area contributed by atoms with Gasteiger partial charge >= 0.3 is 0 Å². The predicted octanol–water partition coefficient (Wildman–Crippen LogP) is 3.25. The molecule has 29 heavy (non-hydrogen) atoms. The molecule has 3 aromatic heterocycles. The smallest absolute Gasteiger partial charge is 0.180 e. The van der Waals surface area contributed by atoms with Crippen molar-refractivity contribution in [3.05, 3.63) is 78.8 Å². The SMILES string of the molecule is Fc1ccc(CN2CCN(c3nccn4c(-c5ccncc5)cnc34)CC2)cc1. The number of piperazine rings is 1. The largest absolute Gasteiger partial charge is 0.351 e. The number of fused-ring (bicyclic) bond motifs is 1. The summed E-state index contributed by atoms with van der Waals surface area (Å²) < 4.78 is 15.2. The molecule has 0 saturated carbocycles. The molecule has 0 radical (unpaired) electrons. The number of anilines is 1. The van der Waals surface area contributed by atoms with Crippen LogP contribution in [0.25, 0.3) is 16.9 Å². The summed E-state index contributed by atoms with van der Waals surface area (Å²) in [7, 11) is 0. The third-order valence-electron chi connectivity index (χ3n) is 5.38. The van der Waals surface area contributed by atoms with Gasteiger partial charge < -0.3 is 4.90 Å². The van der Waals surface area contributed by atoms with E-state index in [2.05, 4.69) is 29.2 Å². The van der Waals surface area contributed by atoms with Crippen molar-refractivity contribution >= 4 is 11.5 Å². The van der Waals surface area contributed by atoms with Gasteiger partial charge in [-0.05, 0) is 29.8 Å². The molecular weight excluding hydrogens is 367 g/mol. The van der Waals surface area contributed by atoms with E-state index in [1.54, 1.807) is 12.4 Å². The molecule has 146 valence electrons. The molecule has 4 heterocycles. The van der Waals surface area contributed by atoms with E-state index in [4.69, 9.17) is 0 Å². The summed E-state index contributed by atoms with van der Waals surface area (Å²) in [5.41, 5.74) is 4.11. The fraction of sp³-hybridized carbons (Fsp3) is 0.227. The monoisotopic (exact) mass is 388 g/mol. The van der Waals surface area contributed by atoms with E-state index < -0.39 is 0 Å². The van der Waals surface area contributed by atoms with E-state index >= 15 is 0 Å². The molecule has 5 rings (SSSR count). The molecule has 1 aliphatic rings. The average molecular weight is 388 g/mol. The Morgan fingerprint density at radius 2 is 1.62 bits per heavy atom. The molecule has 0 spiro atoms. The van der Waals surface area contributed by atoms with Crippen LogP contribution in [0.15, 0.2) is 67.4 Å². The first kappa shape index (κ1) is 17.8. The van der Waals surface area contributed by atoms with E-state index in [1.165, 1.54) is 12.1 Å². The average Bonchev–Trinajstić information content (AvgIpc) is 3.21. The van der Waals surface area contributed by atoms with Gasteiger partial charge in [0.15, 0.2) is 11.5 Å². The minimum absolute atomic E-state index is 0.191. The zero-order chi connectivity index (χ0) is 19.6. The van der Waals surface area contributed by atoms with Gasteiger partial charge in [-0.25, -0.2) is 14.4 Å². The lowest BCUT2D eigenvalue weighted by Crippen LogP contribution is -2.46. The molecule has 0 atom stereocenters. The lowest BCUT2D eigenvalue weighted by Gasteiger charge is -2.35. The van der Waals surface area contributed by atoms with E-state index in [0.29, 0.717) is 0 Å². The van der Waals surface area contributed by atoms with Gasteiger partial charge in [-0.1, -0.05) is 12.1 Å². The lowest BCUT2D eigenvalue weighted by atomic mass is 10.2. The van der Waals surface area contributed by atoms with Gasteiger partial charge in [-0.3, -0.25) is 14.3 Å². The number of imidazole rings is 1. The molecule has 0 unspecified atom stereocenters. The van der Waals surface area contributed by atoms with Crippen LogP contribution >= 0.6 is 0 Å². The normalized spacial score (nSPS) is 15.1. The van der Waals surface area contributed by atoms with Gasteiger partial charge in [0, 0.05) is 63.1 Å². The first-order valence-electron chi connectivity index (χ1n) is 9.72. The number of nitrogens with zero attached hydrogens (tertiary/aromatic N) is 6. The van der Waals surface area contributed by atoms with Crippen LogP contribution in [0.2, 0.25) is 0 Å². The van der Waals surface area contributed by atoms with Crippen LogP contribution in [-0.2, 0) is 6.54 Å². The molecule has 0 amide bonds. The standard InChI is InChI=1S/C22H21FN6/c23-19-3-1-17(2-4-19)16-27-11-13-28(14-12-27)21-22-26-15-20(29(22)10-9-25-21)18-5-7-24-8-6-18/h1-10,15H,11-14,16H2. The maximum Gasteiger partial charge on any atom is 0.180 e. The van der Waals surface area contributed by atoms with E-state index in [-0.39, 0.29) is 5.82 Å². The van der Waals surface area contributed by atoms with Gasteiger partial charge in [-0.15, -0.1) is 0 Å². The molecular formula is C22H21FN6. The van der Waals surface area contributed by atoms with Crippen molar-refractivity contribution in [2.24, 2.45) is 0 Å². The Morgan fingerprint density at radius 1 is 0.862 bits per heavy atom. The van der Waals surface area contributed by atoms with Crippen molar-refractivity contribution in [1.29, 1.82) is 0 Å². The first-order chi connectivity index (χ1) is 14.3. The molecule has 1 fully saturated rings. The third-order valence-corrected chi connectivity index (χ3v) is 5.38. The summed E-state index contributed by atoms with van der Waals surface area (Å²) in [6.45, 7) is 4.45. The molecule has 1 aromatic carbocycles. The first-order valence-corrected chi connectivity index (χ1v) is 9.72. The number of rotatable bonds is 4. The molecule has 0 N–H and O–H groups in total. The summed E-state index contributed by atoms with van der Waals surface area (Å²) in [5.74, 6) is 0.720. The van der Waals surface area contributed by atoms with Gasteiger partial charge in [0.2, 0.25) is 0 Å². The molecule has 0 bridgehead atoms. The van der Waals surface area contributed by atoms with Crippen molar-refractivity contribution < 1.29 is 4.39 Å². The van der Waals surface area contributed by atoms with Crippen molar-refractivity contribution in [1.82, 2.24) is 24.3 Å². The van der Waals surface area contributed by atoms with E-state index in [0.717, 1.165) is 61.0 Å². The van der Waals surface area contributed by atoms with Gasteiger partial charge in [-0.2, -0.15) is 0 Å². The summed E-state index contributed by atoms with van der Waals surface area (Å²) in [4.78, 5) is 18.1. The topological polar surface area (TPSA) is 49.6 Å². The Hall–Kier alpha value is -3.32. The van der Waals surface area contributed by atoms with Crippen LogP contribution in [0.3, 0.4) is 0 Å². The Morgan fingerprint density at radius 3 is 2.38 bits per heavy atom. The molecule has 0 aliphatic carbocycles. The minimum Gasteiger partial charge on any atom is -0.351 e. The fourth-order valence-electron chi connectivity index (χ4n) is 3.83. The summed E-state index contributed by atoms with van der Waals surface area (Å²) in [6, 6.07) is 10.7. The Kier molecular flexibility index (Phi) is 4.65. The molecule has 1 saturated heterocycles. The number of benzene rings is 1. The number of pyridine rings is 1. The highest BCUT2D eigenvalue weighted by Crippen LogP contribution is 2.25. The number of hydrogen-bond donors (Lipinski definition) is 0. The van der Waals surface area contributed by atoms with Crippen LogP contribution in [0.1, 0.15) is 5.56 Å². The van der Waals surface area contributed by atoms with Crippen LogP contribution < -0.4 is 4.90 Å². The zero-order valence-electron chi connectivity index (χ0n) is 15.9. The third kappa shape index (κ3) is 3.56. The summed E-state index contributed by atoms with van der Waals surface area (Å²) >= 11 is 0. The van der Waals surface area contributed by atoms with Gasteiger partial charge in [0.1, 0.15) is 5.82 Å². The number of halogens is 1. The molecule has 1 aliphatic heterocycles. The highest BCUT2D eigenvalue weighted by molar-refractivity contribution is 5.71. The molecule has 4 aromatic rings. The van der Waals surface area contributed by atoms with Crippen LogP contribution in [-0.4, -0.2) is 50.4 Å². The van der Waals surface area contributed by atoms with Crippen LogP contribution in [0.4, 0.5) is 10.2 Å². The van der Waals surface area contributed by atoms with Crippen LogP contribution in [0, 0.1) is 5.82 Å². The summed E-state index contributed by atoms with van der Waals surface area (Å²) in [5, 5.41) is 0. The molecule has 7 heteroatoms. The highest BCUT2D eigenvalue weighted by atomic mass is 19.1. The van der Waals surface area contributed by atoms with E-state index in [9.17, 15) is 4.39 Å². The van der Waals surface area contributed by atoms with Crippen LogP contribution in [0.5, 0.6) is 0 Å². The number of hydrogen-bond acceptors (Lipinski definition) is 5. The maximum absolute atomic E-state index is 13.1. The second-order valence-electron chi connectivity index (χ2n) is 7.21. The molecule has 6 nitrogen and oxygen atoms in total. The Bertz CT molecular complexity index is 1100. The van der Waals surface area contributed by atoms with Crippen molar-refractivity contribution in [2.45, 2.75) is 6.54 Å². The minimum atomic E-state index is -0.191. The zero-order valence-corrected chi connectivity index (χ0v) is 15.9. The van der Waals surface area contributed by atoms with Crippen molar-refractivity contribution in [2.75, 3.05) is 31.1 Å². The second kappa shape index (κ2) is 7.60. The Labute approximate surface area is 168 Å².